The monoisotopic (exact) mass is 307 g/mol. The molecule has 2 N–H and O–H groups in total. The van der Waals surface area contributed by atoms with Gasteiger partial charge in [-0.15, -0.1) is 0 Å². The highest BCUT2D eigenvalue weighted by atomic mass is 16.5. The number of nitrogens with zero attached hydrogens (tertiary/aromatic N) is 2. The van der Waals surface area contributed by atoms with Gasteiger partial charge in [0.2, 0.25) is 0 Å². The highest BCUT2D eigenvalue weighted by molar-refractivity contribution is 5.09. The Balaban J connectivity index is 1.55. The summed E-state index contributed by atoms with van der Waals surface area (Å²) in [5, 5.41) is 17.4. The van der Waals surface area contributed by atoms with Crippen LogP contribution in [-0.2, 0) is 11.8 Å². The number of aliphatic hydroxyl groups excluding tert-OH is 1. The molecule has 5 heteroatoms. The third-order valence-corrected chi connectivity index (χ3v) is 5.54. The Bertz CT molecular complexity index is 468. The van der Waals surface area contributed by atoms with Crippen molar-refractivity contribution in [2.75, 3.05) is 26.4 Å². The maximum absolute atomic E-state index is 9.33. The van der Waals surface area contributed by atoms with Crippen molar-refractivity contribution >= 4 is 0 Å². The van der Waals surface area contributed by atoms with Gasteiger partial charge in [-0.2, -0.15) is 5.10 Å². The first-order chi connectivity index (χ1) is 10.7. The topological polar surface area (TPSA) is 59.3 Å². The third kappa shape index (κ3) is 3.53. The maximum Gasteiger partial charge on any atom is 0.0536 e. The van der Waals surface area contributed by atoms with Crippen LogP contribution in [0, 0.1) is 5.41 Å². The summed E-state index contributed by atoms with van der Waals surface area (Å²) >= 11 is 0. The van der Waals surface area contributed by atoms with Crippen LogP contribution in [0.4, 0.5) is 0 Å². The van der Waals surface area contributed by atoms with E-state index in [9.17, 15) is 5.11 Å². The summed E-state index contributed by atoms with van der Waals surface area (Å²) in [4.78, 5) is 0. The molecule has 0 amide bonds. The van der Waals surface area contributed by atoms with Crippen molar-refractivity contribution in [2.45, 2.75) is 50.5 Å². The van der Waals surface area contributed by atoms with Gasteiger partial charge in [0.15, 0.2) is 0 Å². The molecule has 3 atom stereocenters. The van der Waals surface area contributed by atoms with Gasteiger partial charge in [0.05, 0.1) is 6.61 Å². The molecule has 2 fully saturated rings. The van der Waals surface area contributed by atoms with Crippen LogP contribution in [0.25, 0.3) is 0 Å². The summed E-state index contributed by atoms with van der Waals surface area (Å²) in [6, 6.07) is 2.73. The molecule has 1 saturated heterocycles. The third-order valence-electron chi connectivity index (χ3n) is 5.54. The predicted octanol–water partition coefficient (Wildman–Crippen LogP) is 1.82. The zero-order valence-corrected chi connectivity index (χ0v) is 13.6. The molecule has 2 heterocycles. The number of hydrogen-bond donors (Lipinski definition) is 2. The number of ether oxygens (including phenoxy) is 1. The summed E-state index contributed by atoms with van der Waals surface area (Å²) < 4.78 is 7.60. The molecule has 2 aliphatic rings. The molecule has 22 heavy (non-hydrogen) atoms. The molecule has 0 spiro atoms. The lowest BCUT2D eigenvalue weighted by atomic mass is 9.81. The molecule has 0 radical (unpaired) electrons. The SMILES string of the molecule is Cn1nccc1C1CCCC(NCC2(CCO)CCOC2)C1. The standard InChI is InChI=1S/C17H29N3O2/c1-20-16(5-8-19-20)14-3-2-4-15(11-14)18-12-17(6-9-21)7-10-22-13-17/h5,8,14-15,18,21H,2-4,6-7,9-13H2,1H3. The Labute approximate surface area is 133 Å². The van der Waals surface area contributed by atoms with Crippen molar-refractivity contribution in [1.29, 1.82) is 0 Å². The average molecular weight is 307 g/mol. The number of aryl methyl sites for hydroxylation is 1. The molecule has 0 bridgehead atoms. The molecule has 3 unspecified atom stereocenters. The van der Waals surface area contributed by atoms with Crippen molar-refractivity contribution in [3.05, 3.63) is 18.0 Å². The number of nitrogens with one attached hydrogen (secondary N) is 1. The van der Waals surface area contributed by atoms with E-state index in [2.05, 4.69) is 16.5 Å². The van der Waals surface area contributed by atoms with E-state index in [1.54, 1.807) is 0 Å². The van der Waals surface area contributed by atoms with Crippen LogP contribution in [0.5, 0.6) is 0 Å². The van der Waals surface area contributed by atoms with Crippen LogP contribution in [0.3, 0.4) is 0 Å². The van der Waals surface area contributed by atoms with Gasteiger partial charge in [-0.25, -0.2) is 0 Å². The van der Waals surface area contributed by atoms with E-state index in [1.807, 2.05) is 17.9 Å². The smallest absolute Gasteiger partial charge is 0.0536 e. The lowest BCUT2D eigenvalue weighted by Gasteiger charge is -2.34. The molecule has 3 rings (SSSR count). The second-order valence-electron chi connectivity index (χ2n) is 7.10. The summed E-state index contributed by atoms with van der Waals surface area (Å²) in [7, 11) is 2.04. The number of hydrogen-bond acceptors (Lipinski definition) is 4. The Morgan fingerprint density at radius 3 is 3.09 bits per heavy atom. The van der Waals surface area contributed by atoms with Crippen molar-refractivity contribution in [3.8, 4) is 0 Å². The van der Waals surface area contributed by atoms with Gasteiger partial charge in [0, 0.05) is 56.1 Å². The molecule has 5 nitrogen and oxygen atoms in total. The van der Waals surface area contributed by atoms with Crippen LogP contribution in [0.15, 0.2) is 12.3 Å². The molecular weight excluding hydrogens is 278 g/mol. The van der Waals surface area contributed by atoms with Gasteiger partial charge >= 0.3 is 0 Å². The van der Waals surface area contributed by atoms with Crippen LogP contribution in [0.2, 0.25) is 0 Å². The lowest BCUT2D eigenvalue weighted by Crippen LogP contribution is -2.42. The van der Waals surface area contributed by atoms with Crippen LogP contribution >= 0.6 is 0 Å². The van der Waals surface area contributed by atoms with E-state index < -0.39 is 0 Å². The Hall–Kier alpha value is -0.910. The zero-order valence-electron chi connectivity index (χ0n) is 13.6. The van der Waals surface area contributed by atoms with Crippen LogP contribution < -0.4 is 5.32 Å². The molecule has 1 aliphatic carbocycles. The Morgan fingerprint density at radius 1 is 1.50 bits per heavy atom. The van der Waals surface area contributed by atoms with Gasteiger partial charge < -0.3 is 15.2 Å². The highest BCUT2D eigenvalue weighted by Crippen LogP contribution is 2.35. The maximum atomic E-state index is 9.33. The number of aliphatic hydroxyl groups is 1. The van der Waals surface area contributed by atoms with Crippen molar-refractivity contribution < 1.29 is 9.84 Å². The van der Waals surface area contributed by atoms with E-state index in [0.29, 0.717) is 12.0 Å². The second kappa shape index (κ2) is 7.11. The summed E-state index contributed by atoms with van der Waals surface area (Å²) in [6.07, 6.45) is 8.80. The normalized spacial score (nSPS) is 32.5. The van der Waals surface area contributed by atoms with Gasteiger partial charge in [-0.05, 0) is 38.2 Å². The van der Waals surface area contributed by atoms with E-state index in [0.717, 1.165) is 32.6 Å². The number of rotatable bonds is 6. The molecule has 1 aromatic rings. The summed E-state index contributed by atoms with van der Waals surface area (Å²) in [6.45, 7) is 2.85. The fourth-order valence-corrected chi connectivity index (χ4v) is 4.10. The van der Waals surface area contributed by atoms with Gasteiger partial charge in [0.1, 0.15) is 0 Å². The minimum atomic E-state index is 0.147. The second-order valence-corrected chi connectivity index (χ2v) is 7.10. The van der Waals surface area contributed by atoms with Gasteiger partial charge in [-0.1, -0.05) is 6.42 Å². The largest absolute Gasteiger partial charge is 0.396 e. The fraction of sp³-hybridized carbons (Fsp3) is 0.824. The molecule has 124 valence electrons. The summed E-state index contributed by atoms with van der Waals surface area (Å²) in [5.74, 6) is 0.618. The molecular formula is C17H29N3O2. The first-order valence-electron chi connectivity index (χ1n) is 8.62. The molecule has 1 aromatic heterocycles. The summed E-state index contributed by atoms with van der Waals surface area (Å²) in [5.41, 5.74) is 1.51. The van der Waals surface area contributed by atoms with E-state index in [1.165, 1.54) is 31.4 Å². The average Bonchev–Trinajstić information content (AvgIpc) is 3.16. The fourth-order valence-electron chi connectivity index (χ4n) is 4.10. The minimum absolute atomic E-state index is 0.147. The quantitative estimate of drug-likeness (QED) is 0.842. The first-order valence-corrected chi connectivity index (χ1v) is 8.62. The first kappa shape index (κ1) is 16.0. The highest BCUT2D eigenvalue weighted by Gasteiger charge is 2.35. The molecule has 1 saturated carbocycles. The Kier molecular flexibility index (Phi) is 5.16. The zero-order chi connectivity index (χ0) is 15.4. The van der Waals surface area contributed by atoms with E-state index in [4.69, 9.17) is 4.74 Å². The molecule has 1 aliphatic heterocycles. The van der Waals surface area contributed by atoms with Crippen molar-refractivity contribution in [1.82, 2.24) is 15.1 Å². The Morgan fingerprint density at radius 2 is 2.41 bits per heavy atom. The van der Waals surface area contributed by atoms with Crippen molar-refractivity contribution in [2.24, 2.45) is 12.5 Å². The van der Waals surface area contributed by atoms with E-state index >= 15 is 0 Å². The van der Waals surface area contributed by atoms with E-state index in [-0.39, 0.29) is 12.0 Å². The van der Waals surface area contributed by atoms with Crippen LogP contribution in [-0.4, -0.2) is 47.3 Å². The predicted molar refractivity (Wildman–Crippen MR) is 85.8 cm³/mol. The lowest BCUT2D eigenvalue weighted by molar-refractivity contribution is 0.119. The number of aromatic nitrogens is 2. The van der Waals surface area contributed by atoms with Crippen molar-refractivity contribution in [3.63, 3.8) is 0 Å². The molecule has 0 aromatic carbocycles. The van der Waals surface area contributed by atoms with Gasteiger partial charge in [-0.3, -0.25) is 4.68 Å². The van der Waals surface area contributed by atoms with Gasteiger partial charge in [0.25, 0.3) is 0 Å². The van der Waals surface area contributed by atoms with Crippen LogP contribution in [0.1, 0.15) is 50.1 Å². The minimum Gasteiger partial charge on any atom is -0.396 e.